The molecule has 1 aliphatic heterocycles. The molecule has 1 heterocycles. The summed E-state index contributed by atoms with van der Waals surface area (Å²) in [5, 5.41) is 32.0. The smallest absolute Gasteiger partial charge is 0.325 e. The fourth-order valence-corrected chi connectivity index (χ4v) is 2.78. The second kappa shape index (κ2) is 9.99. The zero-order valence-electron chi connectivity index (χ0n) is 15.6. The Morgan fingerprint density at radius 2 is 1.75 bits per heavy atom. The molecule has 5 atom stereocenters. The molecule has 12 nitrogen and oxygen atoms in total. The first-order valence-corrected chi connectivity index (χ1v) is 8.75. The van der Waals surface area contributed by atoms with E-state index < -0.39 is 66.4 Å². The lowest BCUT2D eigenvalue weighted by atomic mass is 10.1. The molecule has 0 saturated carbocycles. The van der Waals surface area contributed by atoms with Crippen molar-refractivity contribution in [3.8, 4) is 0 Å². The van der Waals surface area contributed by atoms with Gasteiger partial charge in [0.05, 0.1) is 18.6 Å². The van der Waals surface area contributed by atoms with E-state index in [-0.39, 0.29) is 6.54 Å². The van der Waals surface area contributed by atoms with Gasteiger partial charge >= 0.3 is 11.9 Å². The molecule has 1 fully saturated rings. The quantitative estimate of drug-likeness (QED) is 0.236. The fraction of sp³-hybridized carbons (Fsp3) is 0.688. The predicted octanol–water partition coefficient (Wildman–Crippen LogP) is -2.77. The van der Waals surface area contributed by atoms with Crippen LogP contribution in [0, 0.1) is 0 Å². The summed E-state index contributed by atoms with van der Waals surface area (Å²) in [7, 11) is 0. The maximum Gasteiger partial charge on any atom is 0.325 e. The minimum absolute atomic E-state index is 0.179. The number of nitrogens with zero attached hydrogens (tertiary/aromatic N) is 1. The van der Waals surface area contributed by atoms with Gasteiger partial charge in [-0.15, -0.1) is 0 Å². The number of nitrogens with one attached hydrogen (secondary N) is 2. The molecule has 5 unspecified atom stereocenters. The highest BCUT2D eigenvalue weighted by atomic mass is 16.4. The third kappa shape index (κ3) is 6.16. The van der Waals surface area contributed by atoms with Gasteiger partial charge in [-0.1, -0.05) is 0 Å². The van der Waals surface area contributed by atoms with Crippen LogP contribution in [0.3, 0.4) is 0 Å². The van der Waals surface area contributed by atoms with Crippen molar-refractivity contribution in [1.82, 2.24) is 15.5 Å². The van der Waals surface area contributed by atoms with Crippen LogP contribution in [0.25, 0.3) is 0 Å². The highest BCUT2D eigenvalue weighted by Gasteiger charge is 2.40. The van der Waals surface area contributed by atoms with Gasteiger partial charge in [-0.3, -0.25) is 24.0 Å². The number of carboxylic acids is 2. The molecule has 158 valence electrons. The van der Waals surface area contributed by atoms with Crippen molar-refractivity contribution < 1.29 is 39.3 Å². The maximum atomic E-state index is 12.8. The van der Waals surface area contributed by atoms with Crippen molar-refractivity contribution in [3.05, 3.63) is 0 Å². The third-order valence-electron chi connectivity index (χ3n) is 4.35. The molecule has 0 aliphatic carbocycles. The van der Waals surface area contributed by atoms with Crippen LogP contribution in [-0.4, -0.2) is 86.7 Å². The number of aliphatic hydroxyl groups is 1. The van der Waals surface area contributed by atoms with Crippen molar-refractivity contribution in [2.24, 2.45) is 5.73 Å². The predicted molar refractivity (Wildman–Crippen MR) is 93.8 cm³/mol. The largest absolute Gasteiger partial charge is 0.481 e. The fourth-order valence-electron chi connectivity index (χ4n) is 2.78. The molecule has 1 aliphatic rings. The van der Waals surface area contributed by atoms with Gasteiger partial charge in [-0.25, -0.2) is 0 Å². The van der Waals surface area contributed by atoms with Crippen LogP contribution in [0.4, 0.5) is 0 Å². The van der Waals surface area contributed by atoms with Crippen molar-refractivity contribution in [1.29, 1.82) is 0 Å². The number of likely N-dealkylation sites (tertiary alicyclic amines) is 1. The van der Waals surface area contributed by atoms with Gasteiger partial charge in [-0.05, 0) is 26.7 Å². The summed E-state index contributed by atoms with van der Waals surface area (Å²) < 4.78 is 0. The average molecular weight is 402 g/mol. The monoisotopic (exact) mass is 402 g/mol. The number of aliphatic hydroxyl groups excluding tert-OH is 1. The summed E-state index contributed by atoms with van der Waals surface area (Å²) in [6, 6.07) is -4.94. The first kappa shape index (κ1) is 23.3. The van der Waals surface area contributed by atoms with E-state index in [1.807, 2.05) is 0 Å². The highest BCUT2D eigenvalue weighted by Crippen LogP contribution is 2.19. The van der Waals surface area contributed by atoms with Crippen molar-refractivity contribution in [2.75, 3.05) is 6.54 Å². The molecule has 0 aromatic rings. The van der Waals surface area contributed by atoms with Gasteiger partial charge in [0, 0.05) is 6.54 Å². The molecule has 3 amide bonds. The topological polar surface area (TPSA) is 199 Å². The third-order valence-corrected chi connectivity index (χ3v) is 4.35. The van der Waals surface area contributed by atoms with Gasteiger partial charge in [0.15, 0.2) is 0 Å². The minimum atomic E-state index is -1.43. The molecule has 0 aromatic carbocycles. The minimum Gasteiger partial charge on any atom is -0.481 e. The number of rotatable bonds is 9. The van der Waals surface area contributed by atoms with Gasteiger partial charge in [0.2, 0.25) is 17.7 Å². The lowest BCUT2D eigenvalue weighted by Crippen LogP contribution is -2.59. The van der Waals surface area contributed by atoms with Gasteiger partial charge in [0.1, 0.15) is 18.1 Å². The second-order valence-electron chi connectivity index (χ2n) is 6.69. The number of carbonyl (C=O) groups excluding carboxylic acids is 3. The number of hydrogen-bond acceptors (Lipinski definition) is 7. The highest BCUT2D eigenvalue weighted by molar-refractivity contribution is 5.95. The van der Waals surface area contributed by atoms with Gasteiger partial charge in [-0.2, -0.15) is 0 Å². The lowest BCUT2D eigenvalue weighted by Gasteiger charge is -2.30. The number of hydrogen-bond donors (Lipinski definition) is 6. The van der Waals surface area contributed by atoms with Crippen molar-refractivity contribution >= 4 is 29.7 Å². The Balaban J connectivity index is 2.87. The van der Waals surface area contributed by atoms with Crippen molar-refractivity contribution in [3.63, 3.8) is 0 Å². The van der Waals surface area contributed by atoms with Crippen LogP contribution in [0.2, 0.25) is 0 Å². The summed E-state index contributed by atoms with van der Waals surface area (Å²) in [5.41, 5.74) is 5.46. The van der Waals surface area contributed by atoms with Crippen LogP contribution in [0.1, 0.15) is 33.1 Å². The second-order valence-corrected chi connectivity index (χ2v) is 6.69. The molecular weight excluding hydrogens is 376 g/mol. The van der Waals surface area contributed by atoms with Crippen molar-refractivity contribution in [2.45, 2.75) is 63.4 Å². The summed E-state index contributed by atoms with van der Waals surface area (Å²) in [6.07, 6.45) is -1.22. The molecule has 7 N–H and O–H groups in total. The molecule has 0 radical (unpaired) electrons. The lowest BCUT2D eigenvalue weighted by molar-refractivity contribution is -0.146. The number of nitrogens with two attached hydrogens (primary N) is 1. The van der Waals surface area contributed by atoms with E-state index in [4.69, 9.17) is 15.9 Å². The van der Waals surface area contributed by atoms with E-state index >= 15 is 0 Å². The molecular formula is C16H26N4O8. The van der Waals surface area contributed by atoms with E-state index in [1.165, 1.54) is 13.8 Å². The van der Waals surface area contributed by atoms with Gasteiger partial charge in [0.25, 0.3) is 0 Å². The summed E-state index contributed by atoms with van der Waals surface area (Å²) in [6.45, 7) is 2.71. The first-order chi connectivity index (χ1) is 13.0. The Bertz CT molecular complexity index is 638. The summed E-state index contributed by atoms with van der Waals surface area (Å²) >= 11 is 0. The zero-order valence-corrected chi connectivity index (χ0v) is 15.6. The SMILES string of the molecule is CC(NC(=O)C1CCCN1C(=O)C(NC(=O)C(N)CC(=O)O)C(C)O)C(=O)O. The Morgan fingerprint density at radius 3 is 2.25 bits per heavy atom. The van der Waals surface area contributed by atoms with Crippen LogP contribution in [0.15, 0.2) is 0 Å². The van der Waals surface area contributed by atoms with Crippen LogP contribution in [-0.2, 0) is 24.0 Å². The van der Waals surface area contributed by atoms with Crippen LogP contribution in [0.5, 0.6) is 0 Å². The maximum absolute atomic E-state index is 12.8. The Hall–Kier alpha value is -2.73. The average Bonchev–Trinajstić information content (AvgIpc) is 3.07. The summed E-state index contributed by atoms with van der Waals surface area (Å²) in [4.78, 5) is 59.8. The number of carboxylic acid groups (broad SMARTS) is 2. The van der Waals surface area contributed by atoms with E-state index in [0.29, 0.717) is 12.8 Å². The molecule has 0 bridgehead atoms. The summed E-state index contributed by atoms with van der Waals surface area (Å²) in [5.74, 6) is -4.86. The number of amides is 3. The molecule has 1 rings (SSSR count). The first-order valence-electron chi connectivity index (χ1n) is 8.75. The Labute approximate surface area is 161 Å². The molecule has 0 spiro atoms. The van der Waals surface area contributed by atoms with Gasteiger partial charge < -0.3 is 36.6 Å². The van der Waals surface area contributed by atoms with E-state index in [1.54, 1.807) is 0 Å². The Morgan fingerprint density at radius 1 is 1.14 bits per heavy atom. The van der Waals surface area contributed by atoms with Crippen LogP contribution >= 0.6 is 0 Å². The molecule has 12 heteroatoms. The molecule has 28 heavy (non-hydrogen) atoms. The van der Waals surface area contributed by atoms with E-state index in [0.717, 1.165) is 4.90 Å². The number of aliphatic carboxylic acids is 2. The normalized spacial score (nSPS) is 20.6. The Kier molecular flexibility index (Phi) is 8.32. The molecule has 1 saturated heterocycles. The number of carbonyl (C=O) groups is 5. The zero-order chi connectivity index (χ0) is 21.6. The molecule has 0 aromatic heterocycles. The standard InChI is InChI=1S/C16H26N4O8/c1-7(16(27)28)18-14(25)10-4-3-5-20(10)15(26)12(8(2)21)19-13(24)9(17)6-11(22)23/h7-10,12,21H,3-6,17H2,1-2H3,(H,18,25)(H,19,24)(H,22,23)(H,27,28). The van der Waals surface area contributed by atoms with E-state index in [9.17, 15) is 29.1 Å². The van der Waals surface area contributed by atoms with E-state index in [2.05, 4.69) is 10.6 Å². The van der Waals surface area contributed by atoms with Crippen LogP contribution < -0.4 is 16.4 Å².